The first-order valence-corrected chi connectivity index (χ1v) is 9.16. The van der Waals surface area contributed by atoms with Gasteiger partial charge in [0.1, 0.15) is 5.78 Å². The third kappa shape index (κ3) is 1.84. The topological polar surface area (TPSA) is 37.3 Å². The number of ketones is 1. The molecule has 0 radical (unpaired) electrons. The molecule has 1 N–H and O–H groups in total. The third-order valence-electron chi connectivity index (χ3n) is 8.35. The molecule has 4 aliphatic carbocycles. The Bertz CT molecular complexity index is 458. The van der Waals surface area contributed by atoms with Gasteiger partial charge in [-0.2, -0.15) is 0 Å². The van der Waals surface area contributed by atoms with Gasteiger partial charge in [0.2, 0.25) is 0 Å². The standard InChI is InChI=1S/C19H30O2/c1-18-9-7-13(20)11-12(18)3-4-14-15-5-6-17(21)19(15,2)10-8-16(14)18/h12-16,20H,3-11H2,1-2H3/t12-,13+,14-,15-,16-,18-,19+/m0/s1. The fourth-order valence-electron chi connectivity index (χ4n) is 7.01. The van der Waals surface area contributed by atoms with Gasteiger partial charge in [-0.1, -0.05) is 13.8 Å². The maximum absolute atomic E-state index is 12.4. The highest BCUT2D eigenvalue weighted by Gasteiger charge is 2.60. The van der Waals surface area contributed by atoms with Gasteiger partial charge in [-0.25, -0.2) is 0 Å². The van der Waals surface area contributed by atoms with Crippen LogP contribution in [0, 0.1) is 34.5 Å². The van der Waals surface area contributed by atoms with E-state index in [0.717, 1.165) is 49.9 Å². The SMILES string of the molecule is C[C@]12CC[C@@H](O)C[C@@H]1CC[C@@H]1[C@@H]2CC[C@@]2(C)C(=O)CC[C@@H]12. The molecular formula is C19H30O2. The molecule has 0 unspecified atom stereocenters. The number of rotatable bonds is 0. The summed E-state index contributed by atoms with van der Waals surface area (Å²) in [5, 5.41) is 10.0. The minimum absolute atomic E-state index is 0.0124. The number of carbonyl (C=O) groups is 1. The van der Waals surface area contributed by atoms with Crippen molar-refractivity contribution in [3.63, 3.8) is 0 Å². The summed E-state index contributed by atoms with van der Waals surface area (Å²) in [6.07, 6.45) is 10.1. The van der Waals surface area contributed by atoms with Crippen LogP contribution < -0.4 is 0 Å². The van der Waals surface area contributed by atoms with E-state index in [0.29, 0.717) is 17.1 Å². The molecule has 4 aliphatic rings. The molecule has 0 amide bonds. The van der Waals surface area contributed by atoms with Crippen LogP contribution in [0.2, 0.25) is 0 Å². The number of hydrogen-bond acceptors (Lipinski definition) is 2. The summed E-state index contributed by atoms with van der Waals surface area (Å²) < 4.78 is 0. The maximum atomic E-state index is 12.4. The second-order valence-corrected chi connectivity index (χ2v) is 9.00. The predicted octanol–water partition coefficient (Wildman–Crippen LogP) is 3.96. The molecule has 21 heavy (non-hydrogen) atoms. The Hall–Kier alpha value is -0.370. The van der Waals surface area contributed by atoms with Crippen molar-refractivity contribution in [2.24, 2.45) is 34.5 Å². The summed E-state index contributed by atoms with van der Waals surface area (Å²) >= 11 is 0. The summed E-state index contributed by atoms with van der Waals surface area (Å²) in [6, 6.07) is 0. The average Bonchev–Trinajstić information content (AvgIpc) is 2.76. The molecule has 4 rings (SSSR count). The molecule has 0 aliphatic heterocycles. The molecule has 0 saturated heterocycles. The van der Waals surface area contributed by atoms with Crippen LogP contribution in [-0.4, -0.2) is 17.0 Å². The van der Waals surface area contributed by atoms with Crippen molar-refractivity contribution < 1.29 is 9.90 Å². The van der Waals surface area contributed by atoms with E-state index in [4.69, 9.17) is 0 Å². The molecular weight excluding hydrogens is 260 g/mol. The van der Waals surface area contributed by atoms with E-state index >= 15 is 0 Å². The zero-order valence-electron chi connectivity index (χ0n) is 13.6. The minimum Gasteiger partial charge on any atom is -0.393 e. The summed E-state index contributed by atoms with van der Waals surface area (Å²) in [7, 11) is 0. The molecule has 0 aromatic heterocycles. The van der Waals surface area contributed by atoms with Gasteiger partial charge in [0.25, 0.3) is 0 Å². The summed E-state index contributed by atoms with van der Waals surface area (Å²) in [5.41, 5.74) is 0.452. The van der Waals surface area contributed by atoms with Gasteiger partial charge in [0, 0.05) is 11.8 Å². The first kappa shape index (κ1) is 14.2. The van der Waals surface area contributed by atoms with Gasteiger partial charge in [-0.05, 0) is 80.5 Å². The molecule has 118 valence electrons. The van der Waals surface area contributed by atoms with Crippen LogP contribution in [0.3, 0.4) is 0 Å². The van der Waals surface area contributed by atoms with Gasteiger partial charge < -0.3 is 5.11 Å². The monoisotopic (exact) mass is 290 g/mol. The summed E-state index contributed by atoms with van der Waals surface area (Å²) in [6.45, 7) is 4.78. The second kappa shape index (κ2) is 4.57. The summed E-state index contributed by atoms with van der Waals surface area (Å²) in [5.74, 6) is 3.54. The number of Topliss-reactive ketones (excluding diaryl/α,β-unsaturated/α-hetero) is 1. The number of fused-ring (bicyclic) bond motifs is 5. The summed E-state index contributed by atoms with van der Waals surface area (Å²) in [4.78, 5) is 12.4. The number of hydrogen-bond donors (Lipinski definition) is 1. The highest BCUT2D eigenvalue weighted by atomic mass is 16.3. The van der Waals surface area contributed by atoms with E-state index in [-0.39, 0.29) is 11.5 Å². The van der Waals surface area contributed by atoms with Crippen molar-refractivity contribution in [2.75, 3.05) is 0 Å². The van der Waals surface area contributed by atoms with Crippen LogP contribution in [-0.2, 0) is 4.79 Å². The highest BCUT2D eigenvalue weighted by molar-refractivity contribution is 5.87. The molecule has 4 saturated carbocycles. The van der Waals surface area contributed by atoms with Gasteiger partial charge in [0.05, 0.1) is 6.10 Å². The smallest absolute Gasteiger partial charge is 0.139 e. The average molecular weight is 290 g/mol. The quantitative estimate of drug-likeness (QED) is 0.733. The second-order valence-electron chi connectivity index (χ2n) is 9.00. The Morgan fingerprint density at radius 1 is 1.00 bits per heavy atom. The number of carbonyl (C=O) groups excluding carboxylic acids is 1. The van der Waals surface area contributed by atoms with E-state index in [1.165, 1.54) is 25.7 Å². The van der Waals surface area contributed by atoms with Crippen molar-refractivity contribution in [2.45, 2.75) is 77.7 Å². The number of aliphatic hydroxyl groups excluding tert-OH is 1. The van der Waals surface area contributed by atoms with Crippen LogP contribution in [0.1, 0.15) is 71.6 Å². The molecule has 0 heterocycles. The van der Waals surface area contributed by atoms with Gasteiger partial charge in [0.15, 0.2) is 0 Å². The van der Waals surface area contributed by atoms with Crippen molar-refractivity contribution in [1.29, 1.82) is 0 Å². The molecule has 0 aromatic carbocycles. The van der Waals surface area contributed by atoms with E-state index in [9.17, 15) is 9.90 Å². The van der Waals surface area contributed by atoms with Crippen LogP contribution in [0.25, 0.3) is 0 Å². The van der Waals surface area contributed by atoms with Crippen molar-refractivity contribution >= 4 is 5.78 Å². The number of aliphatic hydroxyl groups is 1. The normalized spacial score (nSPS) is 56.5. The molecule has 0 spiro atoms. The lowest BCUT2D eigenvalue weighted by Gasteiger charge is -2.60. The lowest BCUT2D eigenvalue weighted by Crippen LogP contribution is -2.54. The van der Waals surface area contributed by atoms with Gasteiger partial charge >= 0.3 is 0 Å². The Balaban J connectivity index is 1.64. The molecule has 0 aromatic rings. The van der Waals surface area contributed by atoms with Gasteiger partial charge in [-0.3, -0.25) is 4.79 Å². The van der Waals surface area contributed by atoms with Crippen molar-refractivity contribution in [1.82, 2.24) is 0 Å². The third-order valence-corrected chi connectivity index (χ3v) is 8.35. The minimum atomic E-state index is -0.0541. The Morgan fingerprint density at radius 2 is 1.81 bits per heavy atom. The van der Waals surface area contributed by atoms with E-state index in [2.05, 4.69) is 13.8 Å². The molecule has 4 fully saturated rings. The Morgan fingerprint density at radius 3 is 2.62 bits per heavy atom. The van der Waals surface area contributed by atoms with Gasteiger partial charge in [-0.15, -0.1) is 0 Å². The molecule has 0 bridgehead atoms. The molecule has 2 heteroatoms. The van der Waals surface area contributed by atoms with Crippen LogP contribution >= 0.6 is 0 Å². The lowest BCUT2D eigenvalue weighted by atomic mass is 9.45. The van der Waals surface area contributed by atoms with Crippen LogP contribution in [0.5, 0.6) is 0 Å². The Kier molecular flexibility index (Phi) is 3.10. The lowest BCUT2D eigenvalue weighted by molar-refractivity contribution is -0.142. The van der Waals surface area contributed by atoms with Crippen molar-refractivity contribution in [3.8, 4) is 0 Å². The zero-order chi connectivity index (χ0) is 14.8. The fraction of sp³-hybridized carbons (Fsp3) is 0.947. The first-order valence-electron chi connectivity index (χ1n) is 9.16. The van der Waals surface area contributed by atoms with E-state index in [1.54, 1.807) is 0 Å². The van der Waals surface area contributed by atoms with Crippen LogP contribution in [0.4, 0.5) is 0 Å². The Labute approximate surface area is 128 Å². The fourth-order valence-corrected chi connectivity index (χ4v) is 7.01. The predicted molar refractivity (Wildman–Crippen MR) is 82.7 cm³/mol. The van der Waals surface area contributed by atoms with E-state index in [1.807, 2.05) is 0 Å². The first-order chi connectivity index (χ1) is 9.95. The molecule has 7 atom stereocenters. The zero-order valence-corrected chi connectivity index (χ0v) is 13.6. The largest absolute Gasteiger partial charge is 0.393 e. The van der Waals surface area contributed by atoms with Crippen LogP contribution in [0.15, 0.2) is 0 Å². The van der Waals surface area contributed by atoms with Crippen molar-refractivity contribution in [3.05, 3.63) is 0 Å². The maximum Gasteiger partial charge on any atom is 0.139 e. The molecule has 2 nitrogen and oxygen atoms in total. The van der Waals surface area contributed by atoms with E-state index < -0.39 is 0 Å². The highest BCUT2D eigenvalue weighted by Crippen LogP contribution is 2.65.